The molecule has 0 aliphatic heterocycles. The van der Waals surface area contributed by atoms with Gasteiger partial charge in [-0.05, 0) is 48.0 Å². The number of esters is 1. The minimum atomic E-state index is -4.76. The number of hydrogen-bond donors (Lipinski definition) is 0. The monoisotopic (exact) mass is 536 g/mol. The van der Waals surface area contributed by atoms with Gasteiger partial charge in [0.15, 0.2) is 5.82 Å². The Hall–Kier alpha value is -2.89. The first kappa shape index (κ1) is 25.7. The zero-order chi connectivity index (χ0) is 25.3. The van der Waals surface area contributed by atoms with Crippen LogP contribution < -0.4 is 4.31 Å². The number of halogens is 6. The lowest BCUT2D eigenvalue weighted by Crippen LogP contribution is -2.32. The predicted molar refractivity (Wildman–Crippen MR) is 117 cm³/mol. The molecule has 3 rings (SSSR count). The van der Waals surface area contributed by atoms with Crippen LogP contribution in [0.4, 0.5) is 23.4 Å². The molecule has 3 aromatic rings. The number of aromatic nitrogens is 1. The summed E-state index contributed by atoms with van der Waals surface area (Å²) in [6.45, 7) is -0.487. The van der Waals surface area contributed by atoms with Crippen molar-refractivity contribution >= 4 is 45.0 Å². The van der Waals surface area contributed by atoms with E-state index < -0.39 is 50.9 Å². The number of nitrogens with zero attached hydrogens (tertiary/aromatic N) is 2. The predicted octanol–water partition coefficient (Wildman–Crippen LogP) is 5.73. The lowest BCUT2D eigenvalue weighted by atomic mass is 10.2. The molecule has 0 aliphatic carbocycles. The maximum absolute atomic E-state index is 13.6. The maximum atomic E-state index is 13.6. The van der Waals surface area contributed by atoms with Gasteiger partial charge in [0, 0.05) is 6.20 Å². The van der Waals surface area contributed by atoms with Crippen molar-refractivity contribution in [1.29, 1.82) is 0 Å². The Morgan fingerprint density at radius 1 is 1.06 bits per heavy atom. The van der Waals surface area contributed by atoms with Gasteiger partial charge in [-0.15, -0.1) is 0 Å². The molecule has 0 amide bonds. The van der Waals surface area contributed by atoms with Crippen LogP contribution in [0.1, 0.15) is 21.5 Å². The molecule has 0 aliphatic rings. The number of sulfonamides is 1. The summed E-state index contributed by atoms with van der Waals surface area (Å²) in [5, 5.41) is -0.874. The van der Waals surface area contributed by atoms with E-state index in [9.17, 15) is 30.8 Å². The summed E-state index contributed by atoms with van der Waals surface area (Å²) in [6.07, 6.45) is -4.31. The molecule has 0 N–H and O–H groups in total. The molecule has 1 heterocycles. The van der Waals surface area contributed by atoms with E-state index in [1.54, 1.807) is 0 Å². The summed E-state index contributed by atoms with van der Waals surface area (Å²) in [4.78, 5) is 15.0. The molecule has 0 radical (unpaired) electrons. The van der Waals surface area contributed by atoms with Gasteiger partial charge in [0.05, 0.1) is 39.7 Å². The third-order valence-electron chi connectivity index (χ3n) is 4.56. The third-order valence-corrected chi connectivity index (χ3v) is 6.88. The normalized spacial score (nSPS) is 11.9. The van der Waals surface area contributed by atoms with E-state index in [1.807, 2.05) is 0 Å². The van der Waals surface area contributed by atoms with E-state index in [0.717, 1.165) is 31.4 Å². The summed E-state index contributed by atoms with van der Waals surface area (Å²) in [5.41, 5.74) is -0.895. The molecule has 0 unspecified atom stereocenters. The second kappa shape index (κ2) is 9.77. The number of hydrogen-bond acceptors (Lipinski definition) is 5. The van der Waals surface area contributed by atoms with Gasteiger partial charge in [0.2, 0.25) is 0 Å². The van der Waals surface area contributed by atoms with Gasteiger partial charge in [0.1, 0.15) is 5.82 Å². The number of benzene rings is 2. The van der Waals surface area contributed by atoms with Gasteiger partial charge in [-0.3, -0.25) is 0 Å². The van der Waals surface area contributed by atoms with Crippen molar-refractivity contribution < 1.29 is 35.5 Å². The fourth-order valence-corrected chi connectivity index (χ4v) is 4.80. The number of rotatable bonds is 6. The first-order valence-electron chi connectivity index (χ1n) is 9.22. The molecule has 0 fully saturated rings. The number of alkyl halides is 3. The summed E-state index contributed by atoms with van der Waals surface area (Å²) in [5.74, 6) is -1.94. The molecule has 0 saturated heterocycles. The highest BCUT2D eigenvalue weighted by Gasteiger charge is 2.34. The second-order valence-electron chi connectivity index (χ2n) is 6.80. The van der Waals surface area contributed by atoms with Crippen LogP contribution in [0.3, 0.4) is 0 Å². The van der Waals surface area contributed by atoms with Crippen molar-refractivity contribution in [3.05, 3.63) is 87.3 Å². The first-order chi connectivity index (χ1) is 15.8. The number of carbonyl (C=O) groups excluding carboxylic acids is 1. The highest BCUT2D eigenvalue weighted by atomic mass is 35.5. The molecule has 2 aromatic carbocycles. The van der Waals surface area contributed by atoms with E-state index in [1.165, 1.54) is 18.2 Å². The van der Waals surface area contributed by atoms with Crippen LogP contribution in [-0.4, -0.2) is 26.5 Å². The van der Waals surface area contributed by atoms with Gasteiger partial charge in [-0.25, -0.2) is 26.9 Å². The van der Waals surface area contributed by atoms with E-state index in [4.69, 9.17) is 23.2 Å². The van der Waals surface area contributed by atoms with Crippen molar-refractivity contribution in [2.24, 2.45) is 0 Å². The van der Waals surface area contributed by atoms with Gasteiger partial charge in [-0.1, -0.05) is 29.3 Å². The Balaban J connectivity index is 2.12. The molecule has 6 nitrogen and oxygen atoms in total. The Morgan fingerprint density at radius 3 is 2.24 bits per heavy atom. The van der Waals surface area contributed by atoms with Crippen LogP contribution in [-0.2, 0) is 27.5 Å². The Bertz CT molecular complexity index is 1330. The quantitative estimate of drug-likeness (QED) is 0.297. The van der Waals surface area contributed by atoms with Crippen molar-refractivity contribution in [2.75, 3.05) is 11.4 Å². The average molecular weight is 537 g/mol. The Labute approximate surface area is 201 Å². The second-order valence-corrected chi connectivity index (χ2v) is 9.48. The zero-order valence-electron chi connectivity index (χ0n) is 17.1. The lowest BCUT2D eigenvalue weighted by molar-refractivity contribution is -0.137. The van der Waals surface area contributed by atoms with E-state index >= 15 is 0 Å². The SMILES string of the molecule is COC(=O)c1ccc(S(=O)(=O)N(Cc2ccc(F)c(Cl)c2)c2ncc(C(F)(F)F)cc2Cl)cc1. The standard InChI is InChI=1S/C21H14Cl2F4N2O4S/c1-33-20(30)13-3-5-15(6-4-13)34(31,32)29(11-12-2-7-18(24)16(22)8-12)19-17(23)9-14(10-28-19)21(25,26)27/h2-10H,11H2,1H3. The topological polar surface area (TPSA) is 76.6 Å². The van der Waals surface area contributed by atoms with Crippen LogP contribution in [0.15, 0.2) is 59.6 Å². The molecular formula is C21H14Cl2F4N2O4S. The van der Waals surface area contributed by atoms with Crippen LogP contribution >= 0.6 is 23.2 Å². The summed E-state index contributed by atoms with van der Waals surface area (Å²) >= 11 is 11.8. The van der Waals surface area contributed by atoms with Crippen LogP contribution in [0.25, 0.3) is 0 Å². The minimum Gasteiger partial charge on any atom is -0.465 e. The number of methoxy groups -OCH3 is 1. The van der Waals surface area contributed by atoms with Crippen molar-refractivity contribution in [3.8, 4) is 0 Å². The molecule has 0 bridgehead atoms. The van der Waals surface area contributed by atoms with Crippen molar-refractivity contribution in [3.63, 3.8) is 0 Å². The van der Waals surface area contributed by atoms with Crippen molar-refractivity contribution in [2.45, 2.75) is 17.6 Å². The lowest BCUT2D eigenvalue weighted by Gasteiger charge is -2.25. The first-order valence-corrected chi connectivity index (χ1v) is 11.4. The molecule has 0 atom stereocenters. The highest BCUT2D eigenvalue weighted by Crippen LogP contribution is 2.36. The smallest absolute Gasteiger partial charge is 0.417 e. The van der Waals surface area contributed by atoms with E-state index in [2.05, 4.69) is 9.72 Å². The molecule has 180 valence electrons. The summed E-state index contributed by atoms with van der Waals surface area (Å²) in [6, 6.07) is 8.61. The minimum absolute atomic E-state index is 0.0732. The number of carbonyl (C=O) groups is 1. The molecule has 1 aromatic heterocycles. The van der Waals surface area contributed by atoms with Crippen molar-refractivity contribution in [1.82, 2.24) is 4.98 Å². The largest absolute Gasteiger partial charge is 0.465 e. The zero-order valence-corrected chi connectivity index (χ0v) is 19.4. The number of ether oxygens (including phenoxy) is 1. The highest BCUT2D eigenvalue weighted by molar-refractivity contribution is 7.92. The van der Waals surface area contributed by atoms with E-state index in [-0.39, 0.29) is 21.0 Å². The molecule has 0 spiro atoms. The summed E-state index contributed by atoms with van der Waals surface area (Å²) in [7, 11) is -3.33. The van der Waals surface area contributed by atoms with Gasteiger partial charge >= 0.3 is 12.1 Å². The summed E-state index contributed by atoms with van der Waals surface area (Å²) < 4.78 is 84.8. The molecule has 34 heavy (non-hydrogen) atoms. The molecule has 13 heteroatoms. The van der Waals surface area contributed by atoms with Gasteiger partial charge in [-0.2, -0.15) is 13.2 Å². The van der Waals surface area contributed by atoms with Crippen LogP contribution in [0, 0.1) is 5.82 Å². The van der Waals surface area contributed by atoms with E-state index in [0.29, 0.717) is 16.6 Å². The van der Waals surface area contributed by atoms with Gasteiger partial charge < -0.3 is 4.74 Å². The molecule has 0 saturated carbocycles. The Morgan fingerprint density at radius 2 is 1.71 bits per heavy atom. The fraction of sp³-hybridized carbons (Fsp3) is 0.143. The maximum Gasteiger partial charge on any atom is 0.417 e. The average Bonchev–Trinajstić information content (AvgIpc) is 2.79. The van der Waals surface area contributed by atoms with Crippen LogP contribution in [0.5, 0.6) is 0 Å². The van der Waals surface area contributed by atoms with Crippen LogP contribution in [0.2, 0.25) is 10.0 Å². The molecular weight excluding hydrogens is 523 g/mol. The fourth-order valence-electron chi connectivity index (χ4n) is 2.85. The Kier molecular flexibility index (Phi) is 7.39. The van der Waals surface area contributed by atoms with Gasteiger partial charge in [0.25, 0.3) is 10.0 Å². The number of pyridine rings is 1. The number of anilines is 1. The third kappa shape index (κ3) is 5.43.